The molecular weight excluding hydrogens is 334 g/mol. The third-order valence-electron chi connectivity index (χ3n) is 4.06. The summed E-state index contributed by atoms with van der Waals surface area (Å²) in [5.41, 5.74) is 5.32. The quantitative estimate of drug-likeness (QED) is 0.464. The molecule has 132 valence electrons. The topological polar surface area (TPSA) is 85.5 Å². The monoisotopic (exact) mass is 353 g/mol. The van der Waals surface area contributed by atoms with E-state index in [1.165, 1.54) is 6.21 Å². The van der Waals surface area contributed by atoms with Gasteiger partial charge in [0.2, 0.25) is 0 Å². The number of pyridine rings is 2. The Hall–Kier alpha value is -3.78. The highest BCUT2D eigenvalue weighted by atomic mass is 15.0. The molecule has 27 heavy (non-hydrogen) atoms. The van der Waals surface area contributed by atoms with Crippen molar-refractivity contribution >= 4 is 23.4 Å². The molecule has 0 saturated carbocycles. The van der Waals surface area contributed by atoms with Gasteiger partial charge in [-0.05, 0) is 50.2 Å². The first-order valence-corrected chi connectivity index (χ1v) is 8.40. The molecule has 0 radical (unpaired) electrons. The minimum absolute atomic E-state index is 0.396. The summed E-state index contributed by atoms with van der Waals surface area (Å²) in [5.74, 6) is 3.33. The Bertz CT molecular complexity index is 1080. The van der Waals surface area contributed by atoms with E-state index >= 15 is 0 Å². The first-order chi connectivity index (χ1) is 13.0. The maximum Gasteiger partial charge on any atom is 0.130 e. The number of hydrogen-bond donors (Lipinski definition) is 3. The van der Waals surface area contributed by atoms with Crippen LogP contribution in [0.4, 0.5) is 11.5 Å². The van der Waals surface area contributed by atoms with E-state index in [0.29, 0.717) is 39.7 Å². The van der Waals surface area contributed by atoms with E-state index in [9.17, 15) is 0 Å². The first kappa shape index (κ1) is 18.0. The number of hydrogen-bond acceptors (Lipinski definition) is 5. The lowest BCUT2D eigenvalue weighted by molar-refractivity contribution is 1.20. The van der Waals surface area contributed by atoms with Crippen LogP contribution in [0.15, 0.2) is 48.5 Å². The molecule has 5 nitrogen and oxygen atoms in total. The Morgan fingerprint density at radius 2 is 1.93 bits per heavy atom. The number of nitrogens with one attached hydrogen (secondary N) is 3. The molecule has 0 aliphatic carbocycles. The molecule has 2 heterocycles. The lowest BCUT2D eigenvalue weighted by Gasteiger charge is -2.14. The summed E-state index contributed by atoms with van der Waals surface area (Å²) < 4.78 is 0. The summed E-state index contributed by atoms with van der Waals surface area (Å²) in [6.45, 7) is 3.62. The van der Waals surface area contributed by atoms with Crippen molar-refractivity contribution in [2.24, 2.45) is 0 Å². The molecule has 3 aromatic rings. The molecule has 3 N–H and O–H groups in total. The van der Waals surface area contributed by atoms with Gasteiger partial charge < -0.3 is 16.1 Å². The standard InChI is InChI=1S/C22H19N5/c1-4-16-11-17(20-9-6-8-19(26-20)15(3)24)12-21(18(16)13-23)27-22-10-5-7-14(2)25-22/h1,5-13,23-24H,2-3H3,(H,25,27). The van der Waals surface area contributed by atoms with Gasteiger partial charge in [-0.2, -0.15) is 0 Å². The van der Waals surface area contributed by atoms with Gasteiger partial charge in [-0.25, -0.2) is 9.97 Å². The Morgan fingerprint density at radius 1 is 1.15 bits per heavy atom. The van der Waals surface area contributed by atoms with E-state index in [1.807, 2.05) is 49.4 Å². The average molecular weight is 353 g/mol. The van der Waals surface area contributed by atoms with E-state index in [1.54, 1.807) is 13.0 Å². The van der Waals surface area contributed by atoms with E-state index in [2.05, 4.69) is 21.2 Å². The number of nitrogens with zero attached hydrogens (tertiary/aromatic N) is 2. The molecule has 0 aliphatic rings. The first-order valence-electron chi connectivity index (χ1n) is 8.40. The van der Waals surface area contributed by atoms with Crippen molar-refractivity contribution in [3.05, 3.63) is 71.0 Å². The van der Waals surface area contributed by atoms with Crippen molar-refractivity contribution in [1.29, 1.82) is 10.8 Å². The fourth-order valence-corrected chi connectivity index (χ4v) is 2.73. The summed E-state index contributed by atoms with van der Waals surface area (Å²) in [6.07, 6.45) is 6.93. The van der Waals surface area contributed by atoms with Crippen LogP contribution >= 0.6 is 0 Å². The molecule has 0 amide bonds. The molecule has 2 aromatic heterocycles. The van der Waals surface area contributed by atoms with Crippen molar-refractivity contribution in [2.45, 2.75) is 13.8 Å². The van der Waals surface area contributed by atoms with Gasteiger partial charge in [0.25, 0.3) is 0 Å². The second-order valence-electron chi connectivity index (χ2n) is 6.10. The zero-order valence-corrected chi connectivity index (χ0v) is 15.2. The molecule has 0 fully saturated rings. The maximum absolute atomic E-state index is 7.80. The van der Waals surface area contributed by atoms with Crippen molar-refractivity contribution in [1.82, 2.24) is 9.97 Å². The van der Waals surface area contributed by atoms with Crippen LogP contribution in [0.1, 0.15) is 29.4 Å². The van der Waals surface area contributed by atoms with Gasteiger partial charge in [-0.15, -0.1) is 6.42 Å². The smallest absolute Gasteiger partial charge is 0.130 e. The molecule has 0 bridgehead atoms. The molecule has 0 atom stereocenters. The number of rotatable bonds is 5. The Morgan fingerprint density at radius 3 is 2.59 bits per heavy atom. The zero-order chi connectivity index (χ0) is 19.4. The Labute approximate surface area is 158 Å². The van der Waals surface area contributed by atoms with Gasteiger partial charge >= 0.3 is 0 Å². The summed E-state index contributed by atoms with van der Waals surface area (Å²) in [6, 6.07) is 15.0. The predicted molar refractivity (Wildman–Crippen MR) is 110 cm³/mol. The Kier molecular flexibility index (Phi) is 5.09. The minimum atomic E-state index is 0.396. The summed E-state index contributed by atoms with van der Waals surface area (Å²) >= 11 is 0. The van der Waals surface area contributed by atoms with E-state index in [4.69, 9.17) is 17.2 Å². The molecule has 0 unspecified atom stereocenters. The van der Waals surface area contributed by atoms with Gasteiger partial charge in [0.05, 0.1) is 22.8 Å². The van der Waals surface area contributed by atoms with Crippen LogP contribution in [0.25, 0.3) is 11.3 Å². The van der Waals surface area contributed by atoms with Gasteiger partial charge in [-0.3, -0.25) is 0 Å². The van der Waals surface area contributed by atoms with Gasteiger partial charge in [0.1, 0.15) is 5.82 Å². The van der Waals surface area contributed by atoms with Crippen molar-refractivity contribution in [3.8, 4) is 23.6 Å². The number of benzene rings is 1. The minimum Gasteiger partial charge on any atom is -0.340 e. The van der Waals surface area contributed by atoms with Crippen molar-refractivity contribution < 1.29 is 0 Å². The van der Waals surface area contributed by atoms with Gasteiger partial charge in [0.15, 0.2) is 0 Å². The number of aromatic nitrogens is 2. The number of terminal acetylenes is 1. The fraction of sp³-hybridized carbons (Fsp3) is 0.0909. The highest BCUT2D eigenvalue weighted by molar-refractivity contribution is 5.95. The van der Waals surface area contributed by atoms with E-state index < -0.39 is 0 Å². The molecule has 0 spiro atoms. The zero-order valence-electron chi connectivity index (χ0n) is 15.2. The average Bonchev–Trinajstić information content (AvgIpc) is 2.67. The predicted octanol–water partition coefficient (Wildman–Crippen LogP) is 4.56. The second kappa shape index (κ2) is 7.63. The van der Waals surface area contributed by atoms with Crippen molar-refractivity contribution in [2.75, 3.05) is 5.32 Å². The molecular formula is C22H19N5. The lowest BCUT2D eigenvalue weighted by Crippen LogP contribution is -2.02. The summed E-state index contributed by atoms with van der Waals surface area (Å²) in [7, 11) is 0. The van der Waals surface area contributed by atoms with Crippen LogP contribution < -0.4 is 5.32 Å². The molecule has 3 rings (SSSR count). The van der Waals surface area contributed by atoms with Crippen molar-refractivity contribution in [3.63, 3.8) is 0 Å². The normalized spacial score (nSPS) is 10.1. The lowest BCUT2D eigenvalue weighted by atomic mass is 10.00. The van der Waals surface area contributed by atoms with E-state index in [-0.39, 0.29) is 0 Å². The number of anilines is 2. The van der Waals surface area contributed by atoms with Crippen LogP contribution in [0.2, 0.25) is 0 Å². The third-order valence-corrected chi connectivity index (χ3v) is 4.06. The highest BCUT2D eigenvalue weighted by Gasteiger charge is 2.12. The van der Waals surface area contributed by atoms with Crippen LogP contribution in [0.5, 0.6) is 0 Å². The van der Waals surface area contributed by atoms with Crippen LogP contribution in [-0.4, -0.2) is 21.9 Å². The van der Waals surface area contributed by atoms with Crippen LogP contribution in [0, 0.1) is 30.1 Å². The van der Waals surface area contributed by atoms with Crippen LogP contribution in [-0.2, 0) is 0 Å². The second-order valence-corrected chi connectivity index (χ2v) is 6.10. The third kappa shape index (κ3) is 3.91. The molecule has 1 aromatic carbocycles. The van der Waals surface area contributed by atoms with Gasteiger partial charge in [0, 0.05) is 28.6 Å². The summed E-state index contributed by atoms with van der Waals surface area (Å²) in [4.78, 5) is 9.00. The molecule has 0 saturated heterocycles. The van der Waals surface area contributed by atoms with Crippen LogP contribution in [0.3, 0.4) is 0 Å². The maximum atomic E-state index is 7.80. The molecule has 5 heteroatoms. The SMILES string of the molecule is C#Cc1cc(-c2cccc(C(C)=N)n2)cc(Nc2cccc(C)n2)c1C=N. The molecule has 0 aliphatic heterocycles. The largest absolute Gasteiger partial charge is 0.340 e. The Balaban J connectivity index is 2.14. The van der Waals surface area contributed by atoms with E-state index in [0.717, 1.165) is 11.3 Å². The summed E-state index contributed by atoms with van der Waals surface area (Å²) in [5, 5.41) is 18.8. The highest BCUT2D eigenvalue weighted by Crippen LogP contribution is 2.29. The fourth-order valence-electron chi connectivity index (χ4n) is 2.73. The van der Waals surface area contributed by atoms with Gasteiger partial charge in [-0.1, -0.05) is 18.1 Å². The number of aryl methyl sites for hydroxylation is 1.